The van der Waals surface area contributed by atoms with Gasteiger partial charge in [0.15, 0.2) is 5.69 Å². The van der Waals surface area contributed by atoms with Crippen LogP contribution in [0.4, 0.5) is 5.82 Å². The normalized spacial score (nSPS) is 10.3. The van der Waals surface area contributed by atoms with Crippen LogP contribution in [0.2, 0.25) is 0 Å². The molecule has 0 fully saturated rings. The fraction of sp³-hybridized carbons (Fsp3) is 0.133. The molecular weight excluding hydrogens is 314 g/mol. The van der Waals surface area contributed by atoms with Gasteiger partial charge >= 0.3 is 5.97 Å². The Balaban J connectivity index is 1.63. The minimum Gasteiger partial charge on any atom is -0.464 e. The number of aromatic nitrogens is 4. The Morgan fingerprint density at radius 2 is 1.91 bits per heavy atom. The summed E-state index contributed by atoms with van der Waals surface area (Å²) >= 11 is 1.51. The van der Waals surface area contributed by atoms with Crippen molar-refractivity contribution in [2.75, 3.05) is 12.4 Å². The average Bonchev–Trinajstić information content (AvgIpc) is 3.09. The monoisotopic (exact) mass is 327 g/mol. The van der Waals surface area contributed by atoms with Crippen LogP contribution in [0, 0.1) is 0 Å². The minimum atomic E-state index is -0.513. The van der Waals surface area contributed by atoms with Gasteiger partial charge in [-0.3, -0.25) is 0 Å². The molecule has 0 aliphatic carbocycles. The van der Waals surface area contributed by atoms with Crippen LogP contribution in [-0.4, -0.2) is 33.5 Å². The van der Waals surface area contributed by atoms with Crippen molar-refractivity contribution >= 4 is 23.1 Å². The van der Waals surface area contributed by atoms with E-state index in [1.807, 2.05) is 30.3 Å². The van der Waals surface area contributed by atoms with Crippen molar-refractivity contribution in [3.8, 4) is 10.6 Å². The molecule has 116 valence electrons. The van der Waals surface area contributed by atoms with Crippen molar-refractivity contribution in [1.29, 1.82) is 0 Å². The lowest BCUT2D eigenvalue weighted by molar-refractivity contribution is 0.0593. The van der Waals surface area contributed by atoms with E-state index in [9.17, 15) is 4.79 Å². The van der Waals surface area contributed by atoms with E-state index in [0.29, 0.717) is 12.4 Å². The largest absolute Gasteiger partial charge is 0.464 e. The molecule has 0 radical (unpaired) electrons. The lowest BCUT2D eigenvalue weighted by atomic mass is 10.2. The summed E-state index contributed by atoms with van der Waals surface area (Å²) in [7, 11) is 1.30. The molecule has 0 aliphatic heterocycles. The standard InChI is InChI=1S/C15H13N5O2S/c1-22-15(21)11-7-8-12(18-17-11)16-9-13-19-20-14(23-13)10-5-3-2-4-6-10/h2-8H,9H2,1H3,(H,16,18). The molecule has 0 amide bonds. The molecule has 1 N–H and O–H groups in total. The lowest BCUT2D eigenvalue weighted by Crippen LogP contribution is -2.07. The van der Waals surface area contributed by atoms with Crippen molar-refractivity contribution in [1.82, 2.24) is 20.4 Å². The lowest BCUT2D eigenvalue weighted by Gasteiger charge is -2.02. The Bertz CT molecular complexity index is 789. The third kappa shape index (κ3) is 3.67. The van der Waals surface area contributed by atoms with Gasteiger partial charge in [0, 0.05) is 5.56 Å². The first-order valence-corrected chi connectivity index (χ1v) is 7.61. The number of rotatable bonds is 5. The molecule has 0 atom stereocenters. The van der Waals surface area contributed by atoms with Gasteiger partial charge in [0.25, 0.3) is 0 Å². The van der Waals surface area contributed by atoms with Crippen molar-refractivity contribution in [2.24, 2.45) is 0 Å². The highest BCUT2D eigenvalue weighted by atomic mass is 32.1. The fourth-order valence-electron chi connectivity index (χ4n) is 1.83. The number of hydrogen-bond donors (Lipinski definition) is 1. The van der Waals surface area contributed by atoms with Crippen LogP contribution in [0.5, 0.6) is 0 Å². The van der Waals surface area contributed by atoms with Crippen LogP contribution in [0.25, 0.3) is 10.6 Å². The Kier molecular flexibility index (Phi) is 4.53. The highest BCUT2D eigenvalue weighted by molar-refractivity contribution is 7.14. The maximum Gasteiger partial charge on any atom is 0.358 e. The summed E-state index contributed by atoms with van der Waals surface area (Å²) < 4.78 is 4.57. The molecule has 2 heterocycles. The maximum atomic E-state index is 11.3. The number of esters is 1. The van der Waals surface area contributed by atoms with Crippen LogP contribution in [0.1, 0.15) is 15.5 Å². The minimum absolute atomic E-state index is 0.167. The highest BCUT2D eigenvalue weighted by Gasteiger charge is 2.09. The zero-order valence-corrected chi connectivity index (χ0v) is 13.1. The number of carbonyl (C=O) groups is 1. The smallest absolute Gasteiger partial charge is 0.358 e. The SMILES string of the molecule is COC(=O)c1ccc(NCc2nnc(-c3ccccc3)s2)nn1. The first-order valence-electron chi connectivity index (χ1n) is 6.80. The van der Waals surface area contributed by atoms with Crippen molar-refractivity contribution in [3.63, 3.8) is 0 Å². The number of carbonyl (C=O) groups excluding carboxylic acids is 1. The first-order chi connectivity index (χ1) is 11.3. The molecule has 0 unspecified atom stereocenters. The van der Waals surface area contributed by atoms with Gasteiger partial charge in [0.2, 0.25) is 0 Å². The van der Waals surface area contributed by atoms with Gasteiger partial charge in [-0.25, -0.2) is 4.79 Å². The zero-order chi connectivity index (χ0) is 16.1. The quantitative estimate of drug-likeness (QED) is 0.720. The summed E-state index contributed by atoms with van der Waals surface area (Å²) in [4.78, 5) is 11.3. The van der Waals surface area contributed by atoms with Crippen LogP contribution in [0.3, 0.4) is 0 Å². The summed E-state index contributed by atoms with van der Waals surface area (Å²) in [5.74, 6) is 0.0368. The Morgan fingerprint density at radius 1 is 1.09 bits per heavy atom. The topological polar surface area (TPSA) is 89.9 Å². The molecule has 2 aromatic heterocycles. The van der Waals surface area contributed by atoms with Gasteiger partial charge in [0.1, 0.15) is 15.8 Å². The molecule has 0 spiro atoms. The van der Waals surface area contributed by atoms with Crippen molar-refractivity contribution < 1.29 is 9.53 Å². The Labute approximate surface area is 136 Å². The maximum absolute atomic E-state index is 11.3. The number of methoxy groups -OCH3 is 1. The predicted molar refractivity (Wildman–Crippen MR) is 86.0 cm³/mol. The number of ether oxygens (including phenoxy) is 1. The predicted octanol–water partition coefficient (Wildman–Crippen LogP) is 2.39. The Morgan fingerprint density at radius 3 is 2.61 bits per heavy atom. The third-order valence-electron chi connectivity index (χ3n) is 2.97. The van der Waals surface area contributed by atoms with E-state index < -0.39 is 5.97 Å². The molecule has 23 heavy (non-hydrogen) atoms. The molecule has 0 bridgehead atoms. The number of nitrogens with one attached hydrogen (secondary N) is 1. The van der Waals surface area contributed by atoms with Gasteiger partial charge in [0.05, 0.1) is 13.7 Å². The fourth-order valence-corrected chi connectivity index (χ4v) is 2.61. The Hall–Kier alpha value is -2.87. The number of nitrogens with zero attached hydrogens (tertiary/aromatic N) is 4. The van der Waals surface area contributed by atoms with E-state index in [1.54, 1.807) is 12.1 Å². The number of benzene rings is 1. The zero-order valence-electron chi connectivity index (χ0n) is 12.3. The van der Waals surface area contributed by atoms with Gasteiger partial charge in [-0.15, -0.1) is 20.4 Å². The van der Waals surface area contributed by atoms with E-state index in [4.69, 9.17) is 0 Å². The molecule has 3 rings (SSSR count). The van der Waals surface area contributed by atoms with Gasteiger partial charge in [-0.05, 0) is 12.1 Å². The highest BCUT2D eigenvalue weighted by Crippen LogP contribution is 2.23. The van der Waals surface area contributed by atoms with E-state index in [0.717, 1.165) is 15.6 Å². The third-order valence-corrected chi connectivity index (χ3v) is 3.94. The molecule has 3 aromatic rings. The second-order valence-corrected chi connectivity index (χ2v) is 5.58. The van der Waals surface area contributed by atoms with Gasteiger partial charge in [-0.1, -0.05) is 41.7 Å². The van der Waals surface area contributed by atoms with Crippen molar-refractivity contribution in [2.45, 2.75) is 6.54 Å². The second-order valence-electron chi connectivity index (χ2n) is 4.52. The van der Waals surface area contributed by atoms with E-state index in [2.05, 4.69) is 30.4 Å². The van der Waals surface area contributed by atoms with Gasteiger partial charge < -0.3 is 10.1 Å². The van der Waals surface area contributed by atoms with Crippen LogP contribution in [0.15, 0.2) is 42.5 Å². The molecule has 0 aliphatic rings. The van der Waals surface area contributed by atoms with Crippen LogP contribution < -0.4 is 5.32 Å². The molecule has 0 saturated carbocycles. The van der Waals surface area contributed by atoms with E-state index >= 15 is 0 Å². The van der Waals surface area contributed by atoms with Crippen LogP contribution in [-0.2, 0) is 11.3 Å². The first kappa shape index (κ1) is 15.0. The van der Waals surface area contributed by atoms with Gasteiger partial charge in [-0.2, -0.15) is 0 Å². The van der Waals surface area contributed by atoms with Crippen LogP contribution >= 0.6 is 11.3 Å². The molecule has 8 heteroatoms. The second kappa shape index (κ2) is 6.93. The molecule has 0 saturated heterocycles. The van der Waals surface area contributed by atoms with E-state index in [1.165, 1.54) is 18.4 Å². The molecule has 7 nitrogen and oxygen atoms in total. The average molecular weight is 327 g/mol. The number of hydrogen-bond acceptors (Lipinski definition) is 8. The summed E-state index contributed by atoms with van der Waals surface area (Å²) in [5.41, 5.74) is 1.21. The van der Waals surface area contributed by atoms with E-state index in [-0.39, 0.29) is 5.69 Å². The summed E-state index contributed by atoms with van der Waals surface area (Å²) in [6.45, 7) is 0.483. The van der Waals surface area contributed by atoms with Crippen molar-refractivity contribution in [3.05, 3.63) is 53.2 Å². The summed E-state index contributed by atoms with van der Waals surface area (Å²) in [6.07, 6.45) is 0. The molecular formula is C15H13N5O2S. The summed E-state index contributed by atoms with van der Waals surface area (Å²) in [6, 6.07) is 13.1. The molecule has 1 aromatic carbocycles. The number of anilines is 1. The summed E-state index contributed by atoms with van der Waals surface area (Å²) in [5, 5.41) is 20.8.